The first-order valence-corrected chi connectivity index (χ1v) is 21.1. The number of nitrogens with two attached hydrogens (primary N) is 1. The molecule has 0 amide bonds. The molecule has 0 saturated heterocycles. The maximum absolute atomic E-state index is 11.7. The molecule has 2 aliphatic carbocycles. The maximum atomic E-state index is 11.7. The first kappa shape index (κ1) is 35.2. The summed E-state index contributed by atoms with van der Waals surface area (Å²) in [7, 11) is 0. The number of hydrogen-bond acceptors (Lipinski definition) is 14. The Morgan fingerprint density at radius 3 is 1.80 bits per heavy atom. The van der Waals surface area contributed by atoms with Crippen molar-refractivity contribution in [3.63, 3.8) is 0 Å². The summed E-state index contributed by atoms with van der Waals surface area (Å²) in [6.07, 6.45) is 10.3. The number of carbonyl (C=O) groups excluding carboxylic acids is 2. The normalized spacial score (nSPS) is 18.3. The first-order valence-electron chi connectivity index (χ1n) is 17.8. The molecule has 6 heterocycles. The van der Waals surface area contributed by atoms with E-state index < -0.39 is 0 Å². The summed E-state index contributed by atoms with van der Waals surface area (Å²) in [6.45, 7) is 1.29. The number of azide groups is 1. The number of benzene rings is 2. The van der Waals surface area contributed by atoms with Crippen molar-refractivity contribution in [1.82, 2.24) is 19.9 Å². The lowest BCUT2D eigenvalue weighted by atomic mass is 9.88. The first-order chi connectivity index (χ1) is 26.4. The molecule has 4 aliphatic rings. The van der Waals surface area contributed by atoms with Crippen molar-refractivity contribution >= 4 is 99.9 Å². The molecule has 0 fully saturated rings. The second-order valence-corrected chi connectivity index (χ2v) is 18.2. The van der Waals surface area contributed by atoms with Gasteiger partial charge in [-0.05, 0) is 109 Å². The van der Waals surface area contributed by atoms with Crippen molar-refractivity contribution in [3.05, 3.63) is 91.5 Å². The van der Waals surface area contributed by atoms with Crippen LogP contribution in [0.3, 0.4) is 0 Å². The van der Waals surface area contributed by atoms with Crippen LogP contribution in [0.2, 0.25) is 0 Å². The molecule has 2 aromatic carbocycles. The van der Waals surface area contributed by atoms with Crippen LogP contribution < -0.4 is 16.4 Å². The number of rotatable bonds is 7. The molecule has 12 nitrogen and oxygen atoms in total. The minimum atomic E-state index is 0.193. The standard InChI is InChI=1S/C19H16N6OS2.C19H18N4OS2/c20-25-23-8-10-1-4-13-15(5-10)28-19-17(13)18(21-9-22-19)24-12-3-2-11-6-16(26)27-14(11)7-12;20-8-10-1-4-13-15(5-10)26-19-17(13)18(21-9-22-19)23-12-3-2-11-6-16(24)25-14(11)7-12/h2-3,7,9-10H,1,4-6,8H2,(H,21,22,24);2-3,7,9-10H,1,4-6,8,20H2,(H,21,22,23). The van der Waals surface area contributed by atoms with Gasteiger partial charge in [0.15, 0.2) is 10.2 Å². The van der Waals surface area contributed by atoms with Crippen LogP contribution in [-0.4, -0.2) is 43.3 Å². The number of fused-ring (bicyclic) bond motifs is 8. The Kier molecular flexibility index (Phi) is 9.72. The minimum Gasteiger partial charge on any atom is -0.340 e. The summed E-state index contributed by atoms with van der Waals surface area (Å²) in [5.74, 6) is 2.64. The molecule has 272 valence electrons. The van der Waals surface area contributed by atoms with Gasteiger partial charge in [0.2, 0.25) is 0 Å². The van der Waals surface area contributed by atoms with Gasteiger partial charge in [-0.1, -0.05) is 40.8 Å². The summed E-state index contributed by atoms with van der Waals surface area (Å²) in [4.78, 5) is 51.0. The van der Waals surface area contributed by atoms with Crippen molar-refractivity contribution in [2.75, 3.05) is 23.7 Å². The van der Waals surface area contributed by atoms with E-state index in [9.17, 15) is 9.59 Å². The van der Waals surface area contributed by atoms with E-state index >= 15 is 0 Å². The second kappa shape index (κ2) is 14.9. The van der Waals surface area contributed by atoms with Gasteiger partial charge in [-0.15, -0.1) is 22.7 Å². The Bertz CT molecular complexity index is 2530. The highest BCUT2D eigenvalue weighted by molar-refractivity contribution is 8.14. The minimum absolute atomic E-state index is 0.193. The van der Waals surface area contributed by atoms with Crippen LogP contribution in [0.5, 0.6) is 0 Å². The summed E-state index contributed by atoms with van der Waals surface area (Å²) >= 11 is 6.11. The van der Waals surface area contributed by atoms with Crippen LogP contribution in [0.25, 0.3) is 30.9 Å². The van der Waals surface area contributed by atoms with Crippen LogP contribution in [-0.2, 0) is 48.1 Å². The van der Waals surface area contributed by atoms with Crippen LogP contribution in [0, 0.1) is 11.8 Å². The quantitative estimate of drug-likeness (QED) is 0.0798. The van der Waals surface area contributed by atoms with Crippen molar-refractivity contribution in [2.45, 2.75) is 61.2 Å². The van der Waals surface area contributed by atoms with E-state index in [0.29, 0.717) is 31.2 Å². The van der Waals surface area contributed by atoms with Gasteiger partial charge >= 0.3 is 0 Å². The predicted molar refractivity (Wildman–Crippen MR) is 218 cm³/mol. The lowest BCUT2D eigenvalue weighted by Gasteiger charge is -2.20. The van der Waals surface area contributed by atoms with Gasteiger partial charge in [0.05, 0.1) is 10.8 Å². The van der Waals surface area contributed by atoms with Crippen LogP contribution in [0.1, 0.15) is 44.8 Å². The number of aryl methyl sites for hydroxylation is 2. The lowest BCUT2D eigenvalue weighted by molar-refractivity contribution is -0.110. The molecule has 16 heteroatoms. The third-order valence-corrected chi connectivity index (χ3v) is 14.7. The lowest BCUT2D eigenvalue weighted by Crippen LogP contribution is -2.21. The number of thiophene rings is 2. The van der Waals surface area contributed by atoms with Crippen molar-refractivity contribution < 1.29 is 9.59 Å². The van der Waals surface area contributed by atoms with Gasteiger partial charge in [0.1, 0.15) is 34.0 Å². The highest BCUT2D eigenvalue weighted by Crippen LogP contribution is 2.43. The van der Waals surface area contributed by atoms with E-state index in [1.165, 1.54) is 44.4 Å². The summed E-state index contributed by atoms with van der Waals surface area (Å²) < 4.78 is 0. The third kappa shape index (κ3) is 6.93. The summed E-state index contributed by atoms with van der Waals surface area (Å²) in [5, 5.41) is 13.3. The van der Waals surface area contributed by atoms with E-state index in [4.69, 9.17) is 11.3 Å². The number of aromatic nitrogens is 4. The van der Waals surface area contributed by atoms with Gasteiger partial charge in [-0.3, -0.25) is 9.59 Å². The number of anilines is 4. The highest BCUT2D eigenvalue weighted by atomic mass is 32.2. The fourth-order valence-corrected chi connectivity index (χ4v) is 12.2. The Labute approximate surface area is 326 Å². The molecule has 6 aromatic rings. The number of nitrogens with one attached hydrogen (secondary N) is 2. The molecule has 2 aliphatic heterocycles. The Balaban J connectivity index is 0.000000143. The molecular weight excluding hydrogens is 757 g/mol. The average molecular weight is 791 g/mol. The van der Waals surface area contributed by atoms with Crippen LogP contribution in [0.15, 0.2) is 64.0 Å². The fraction of sp³-hybridized carbons (Fsp3) is 0.316. The third-order valence-electron chi connectivity index (χ3n) is 10.4. The van der Waals surface area contributed by atoms with E-state index in [1.54, 1.807) is 35.3 Å². The van der Waals surface area contributed by atoms with Crippen LogP contribution >= 0.6 is 46.2 Å². The topological polar surface area (TPSA) is 185 Å². The average Bonchev–Trinajstić information content (AvgIpc) is 3.94. The molecular formula is C38H34N10O2S4. The molecule has 54 heavy (non-hydrogen) atoms. The predicted octanol–water partition coefficient (Wildman–Crippen LogP) is 8.70. The van der Waals surface area contributed by atoms with E-state index in [0.717, 1.165) is 109 Å². The summed E-state index contributed by atoms with van der Waals surface area (Å²) in [5.41, 5.74) is 21.2. The Morgan fingerprint density at radius 2 is 1.28 bits per heavy atom. The Morgan fingerprint density at radius 1 is 0.759 bits per heavy atom. The second-order valence-electron chi connectivity index (χ2n) is 13.9. The van der Waals surface area contributed by atoms with Crippen molar-refractivity contribution in [3.8, 4) is 0 Å². The molecule has 10 rings (SSSR count). The number of hydrogen-bond donors (Lipinski definition) is 3. The molecule has 0 bridgehead atoms. The largest absolute Gasteiger partial charge is 0.340 e. The van der Waals surface area contributed by atoms with Crippen molar-refractivity contribution in [1.29, 1.82) is 0 Å². The smallest absolute Gasteiger partial charge is 0.198 e. The number of carbonyl (C=O) groups is 2. The van der Waals surface area contributed by atoms with Gasteiger partial charge in [-0.25, -0.2) is 19.9 Å². The van der Waals surface area contributed by atoms with Crippen LogP contribution in [0.4, 0.5) is 23.0 Å². The fourth-order valence-electron chi connectivity index (χ4n) is 7.70. The van der Waals surface area contributed by atoms with Gasteiger partial charge < -0.3 is 16.4 Å². The van der Waals surface area contributed by atoms with E-state index in [2.05, 4.69) is 40.6 Å². The number of thioether (sulfide) groups is 2. The van der Waals surface area contributed by atoms with E-state index in [-0.39, 0.29) is 10.2 Å². The highest BCUT2D eigenvalue weighted by Gasteiger charge is 2.27. The summed E-state index contributed by atoms with van der Waals surface area (Å²) in [6, 6.07) is 12.1. The maximum Gasteiger partial charge on any atom is 0.198 e. The molecule has 2 atom stereocenters. The van der Waals surface area contributed by atoms with Gasteiger partial charge in [0, 0.05) is 55.2 Å². The molecule has 0 saturated carbocycles. The monoisotopic (exact) mass is 790 g/mol. The SMILES string of the molecule is NCC1CCc2c(sc3ncnc(Nc4ccc5c(c4)SC(=O)C5)c23)C1.[N-]=[N+]=NCC1CCc2c(sc3ncnc(Nc4ccc5c(c4)SC(=O)C5)c23)C1. The van der Waals surface area contributed by atoms with E-state index in [1.807, 2.05) is 36.4 Å². The zero-order valence-electron chi connectivity index (χ0n) is 29.0. The Hall–Kier alpha value is -4.57. The number of nitrogens with zero attached hydrogens (tertiary/aromatic N) is 7. The zero-order valence-corrected chi connectivity index (χ0v) is 32.3. The van der Waals surface area contributed by atoms with Gasteiger partial charge in [-0.2, -0.15) is 0 Å². The molecule has 4 N–H and O–H groups in total. The molecule has 2 unspecified atom stereocenters. The van der Waals surface area contributed by atoms with Gasteiger partial charge in [0.25, 0.3) is 0 Å². The molecule has 0 radical (unpaired) electrons. The molecule has 0 spiro atoms. The zero-order chi connectivity index (χ0) is 36.8. The molecule has 4 aromatic heterocycles. The van der Waals surface area contributed by atoms with Crippen molar-refractivity contribution in [2.24, 2.45) is 22.7 Å².